The van der Waals surface area contributed by atoms with E-state index in [9.17, 15) is 5.11 Å². The first-order valence-corrected chi connectivity index (χ1v) is 14.6. The van der Waals surface area contributed by atoms with E-state index in [0.29, 0.717) is 33.0 Å². The van der Waals surface area contributed by atoms with Crippen LogP contribution in [0, 0.1) is 0 Å². The number of quaternary nitrogens is 1. The first-order valence-electron chi connectivity index (χ1n) is 14.6. The van der Waals surface area contributed by atoms with Crippen molar-refractivity contribution in [1.82, 2.24) is 0 Å². The van der Waals surface area contributed by atoms with Crippen molar-refractivity contribution in [3.8, 4) is 0 Å². The van der Waals surface area contributed by atoms with E-state index in [0.717, 1.165) is 30.5 Å². The zero-order chi connectivity index (χ0) is 25.0. The highest BCUT2D eigenvalue weighted by Crippen LogP contribution is 2.15. The lowest BCUT2D eigenvalue weighted by Crippen LogP contribution is -3.00. The predicted molar refractivity (Wildman–Crippen MR) is 142 cm³/mol. The van der Waals surface area contributed by atoms with E-state index in [1.807, 2.05) is 0 Å². The van der Waals surface area contributed by atoms with E-state index in [1.165, 1.54) is 96.3 Å². The quantitative estimate of drug-likeness (QED) is 0.103. The van der Waals surface area contributed by atoms with Gasteiger partial charge in [-0.1, -0.05) is 96.8 Å². The summed E-state index contributed by atoms with van der Waals surface area (Å²) >= 11 is 0. The Kier molecular flexibility index (Phi) is 32.2. The smallest absolute Gasteiger partial charge is 0.103 e. The third-order valence-corrected chi connectivity index (χ3v) is 6.95. The average Bonchev–Trinajstić information content (AvgIpc) is 2.84. The van der Waals surface area contributed by atoms with Crippen LogP contribution in [0.1, 0.15) is 110 Å². The van der Waals surface area contributed by atoms with Crippen LogP contribution < -0.4 is 12.4 Å². The van der Waals surface area contributed by atoms with Gasteiger partial charge in [0.05, 0.1) is 52.8 Å². The zero-order valence-corrected chi connectivity index (χ0v) is 23.8. The van der Waals surface area contributed by atoms with Crippen LogP contribution in [0.3, 0.4) is 0 Å². The lowest BCUT2D eigenvalue weighted by atomic mass is 10.0. The summed E-state index contributed by atoms with van der Waals surface area (Å²) in [6.45, 7) is 7.76. The molecule has 0 bridgehead atoms. The Morgan fingerprint density at radius 1 is 0.429 bits per heavy atom. The van der Waals surface area contributed by atoms with E-state index in [1.54, 1.807) is 0 Å². The molecule has 0 saturated heterocycles. The van der Waals surface area contributed by atoms with Gasteiger partial charge in [-0.25, -0.2) is 0 Å². The molecule has 214 valence electrons. The summed E-state index contributed by atoms with van der Waals surface area (Å²) in [6, 6.07) is 0. The van der Waals surface area contributed by atoms with Gasteiger partial charge in [0, 0.05) is 0 Å². The molecule has 0 fully saturated rings. The lowest BCUT2D eigenvalue weighted by Gasteiger charge is -2.38. The molecular formula is C28H60ClNO5. The van der Waals surface area contributed by atoms with Crippen LogP contribution in [-0.2, 0) is 9.47 Å². The number of nitrogens with zero attached hydrogens (tertiary/aromatic N) is 1. The molecule has 0 amide bonds. The summed E-state index contributed by atoms with van der Waals surface area (Å²) in [7, 11) is 0. The molecule has 3 N–H and O–H groups in total. The van der Waals surface area contributed by atoms with E-state index >= 15 is 0 Å². The van der Waals surface area contributed by atoms with Gasteiger partial charge < -0.3 is 41.7 Å². The number of halogens is 1. The standard InChI is InChI=1S/C28H60NO5.ClH/c1-2-3-4-5-6-7-8-9-10-11-12-13-14-15-16-17-18-29(19-22-30,20-25-33-27-23-31)21-26-34-28-24-32;/h30-32H,2-28H2,1H3;1H/q+1;/p-1. The van der Waals surface area contributed by atoms with Crippen LogP contribution in [0.2, 0.25) is 0 Å². The first-order chi connectivity index (χ1) is 16.7. The largest absolute Gasteiger partial charge is 1.00 e. The van der Waals surface area contributed by atoms with Crippen molar-refractivity contribution in [2.75, 3.05) is 72.4 Å². The number of ether oxygens (including phenoxy) is 2. The SMILES string of the molecule is CCCCCCCCCCCCCCCCCC[N+](CCO)(CCOCCO)CCOCCO.[Cl-]. The van der Waals surface area contributed by atoms with Crippen LogP contribution >= 0.6 is 0 Å². The highest BCUT2D eigenvalue weighted by molar-refractivity contribution is 4.52. The molecule has 35 heavy (non-hydrogen) atoms. The number of hydrogen-bond donors (Lipinski definition) is 3. The maximum atomic E-state index is 9.66. The van der Waals surface area contributed by atoms with Crippen molar-refractivity contribution in [2.24, 2.45) is 0 Å². The van der Waals surface area contributed by atoms with Crippen molar-refractivity contribution >= 4 is 0 Å². The monoisotopic (exact) mass is 525 g/mol. The Bertz CT molecular complexity index is 378. The molecule has 0 unspecified atom stereocenters. The number of hydrogen-bond acceptors (Lipinski definition) is 5. The molecule has 0 spiro atoms. The fourth-order valence-corrected chi connectivity index (χ4v) is 4.73. The molecule has 0 aliphatic carbocycles. The van der Waals surface area contributed by atoms with Crippen LogP contribution in [0.5, 0.6) is 0 Å². The van der Waals surface area contributed by atoms with Gasteiger partial charge in [-0.2, -0.15) is 0 Å². The van der Waals surface area contributed by atoms with Crippen molar-refractivity contribution in [2.45, 2.75) is 110 Å². The van der Waals surface area contributed by atoms with E-state index < -0.39 is 0 Å². The summed E-state index contributed by atoms with van der Waals surface area (Å²) in [5.41, 5.74) is 0. The molecule has 0 aromatic carbocycles. The zero-order valence-electron chi connectivity index (χ0n) is 23.1. The van der Waals surface area contributed by atoms with E-state index in [2.05, 4.69) is 6.92 Å². The second-order valence-corrected chi connectivity index (χ2v) is 9.93. The number of rotatable bonds is 29. The molecule has 0 aromatic heterocycles. The van der Waals surface area contributed by atoms with Gasteiger partial charge in [-0.3, -0.25) is 0 Å². The average molecular weight is 526 g/mol. The first kappa shape index (κ1) is 37.2. The van der Waals surface area contributed by atoms with Crippen LogP contribution in [0.4, 0.5) is 0 Å². The molecule has 0 aromatic rings. The van der Waals surface area contributed by atoms with Gasteiger partial charge >= 0.3 is 0 Å². The van der Waals surface area contributed by atoms with E-state index in [-0.39, 0.29) is 32.2 Å². The van der Waals surface area contributed by atoms with E-state index in [4.69, 9.17) is 19.7 Å². The summed E-state index contributed by atoms with van der Waals surface area (Å²) < 4.78 is 11.8. The highest BCUT2D eigenvalue weighted by Gasteiger charge is 2.26. The Morgan fingerprint density at radius 3 is 1.14 bits per heavy atom. The molecule has 0 heterocycles. The number of aliphatic hydroxyl groups excluding tert-OH is 3. The molecule has 0 aliphatic rings. The fourth-order valence-electron chi connectivity index (χ4n) is 4.73. The minimum Gasteiger partial charge on any atom is -1.00 e. The van der Waals surface area contributed by atoms with Gasteiger partial charge in [0.1, 0.15) is 19.6 Å². The van der Waals surface area contributed by atoms with Crippen molar-refractivity contribution in [3.63, 3.8) is 0 Å². The normalized spacial score (nSPS) is 11.7. The van der Waals surface area contributed by atoms with Crippen molar-refractivity contribution in [3.05, 3.63) is 0 Å². The molecule has 0 saturated carbocycles. The summed E-state index contributed by atoms with van der Waals surface area (Å²) in [4.78, 5) is 0. The van der Waals surface area contributed by atoms with Gasteiger partial charge in [0.15, 0.2) is 0 Å². The summed E-state index contributed by atoms with van der Waals surface area (Å²) in [5.74, 6) is 0. The molecule has 0 radical (unpaired) electrons. The fraction of sp³-hybridized carbons (Fsp3) is 1.00. The maximum Gasteiger partial charge on any atom is 0.103 e. The highest BCUT2D eigenvalue weighted by atomic mass is 35.5. The molecule has 0 rings (SSSR count). The Balaban J connectivity index is 0. The summed E-state index contributed by atoms with van der Waals surface area (Å²) in [5, 5.41) is 27.6. The molecular weight excluding hydrogens is 466 g/mol. The second-order valence-electron chi connectivity index (χ2n) is 9.93. The molecule has 7 heteroatoms. The second kappa shape index (κ2) is 30.3. The Hall–Kier alpha value is 0.0500. The van der Waals surface area contributed by atoms with Crippen molar-refractivity contribution < 1.29 is 41.7 Å². The maximum absolute atomic E-state index is 9.66. The molecule has 0 aliphatic heterocycles. The third-order valence-electron chi connectivity index (χ3n) is 6.95. The number of aliphatic hydroxyl groups is 3. The third kappa shape index (κ3) is 25.5. The molecule has 0 atom stereocenters. The lowest BCUT2D eigenvalue weighted by molar-refractivity contribution is -0.929. The number of unbranched alkanes of at least 4 members (excludes halogenated alkanes) is 15. The van der Waals surface area contributed by atoms with Gasteiger partial charge in [0.25, 0.3) is 0 Å². The van der Waals surface area contributed by atoms with Crippen LogP contribution in [0.15, 0.2) is 0 Å². The van der Waals surface area contributed by atoms with Gasteiger partial charge in [0.2, 0.25) is 0 Å². The van der Waals surface area contributed by atoms with Gasteiger partial charge in [-0.15, -0.1) is 0 Å². The predicted octanol–water partition coefficient (Wildman–Crippen LogP) is 2.08. The van der Waals surface area contributed by atoms with Crippen molar-refractivity contribution in [1.29, 1.82) is 0 Å². The van der Waals surface area contributed by atoms with Crippen LogP contribution in [0.25, 0.3) is 0 Å². The minimum atomic E-state index is 0. The Morgan fingerprint density at radius 2 is 0.800 bits per heavy atom. The Labute approximate surface area is 223 Å². The molecule has 6 nitrogen and oxygen atoms in total. The summed E-state index contributed by atoms with van der Waals surface area (Å²) in [6.07, 6.45) is 21.9. The minimum absolute atomic E-state index is 0. The topological polar surface area (TPSA) is 79.2 Å². The van der Waals surface area contributed by atoms with Gasteiger partial charge in [-0.05, 0) is 12.8 Å². The van der Waals surface area contributed by atoms with Crippen LogP contribution in [-0.4, -0.2) is 92.2 Å².